The van der Waals surface area contributed by atoms with Crippen LogP contribution < -0.4 is 5.73 Å². The molecule has 1 heterocycles. The predicted octanol–water partition coefficient (Wildman–Crippen LogP) is 1.25. The molecule has 2 rings (SSSR count). The van der Waals surface area contributed by atoms with E-state index in [2.05, 4.69) is 5.10 Å². The van der Waals surface area contributed by atoms with Gasteiger partial charge in [-0.25, -0.2) is 0 Å². The zero-order valence-electron chi connectivity index (χ0n) is 9.98. The van der Waals surface area contributed by atoms with Crippen LogP contribution in [0.1, 0.15) is 31.4 Å². The summed E-state index contributed by atoms with van der Waals surface area (Å²) in [6.45, 7) is 1.40. The molecule has 1 aromatic rings. The maximum absolute atomic E-state index is 6.00. The maximum Gasteiger partial charge on any atom is 0.0804 e. The molecule has 1 saturated carbocycles. The third kappa shape index (κ3) is 2.44. The molecule has 0 atom stereocenters. The van der Waals surface area contributed by atoms with E-state index in [1.807, 2.05) is 24.0 Å². The average Bonchev–Trinajstić information content (AvgIpc) is 2.90. The van der Waals surface area contributed by atoms with Crippen molar-refractivity contribution >= 4 is 0 Å². The van der Waals surface area contributed by atoms with E-state index >= 15 is 0 Å². The largest absolute Gasteiger partial charge is 0.373 e. The van der Waals surface area contributed by atoms with Gasteiger partial charge in [0.15, 0.2) is 0 Å². The van der Waals surface area contributed by atoms with Crippen LogP contribution in [-0.4, -0.2) is 28.5 Å². The lowest BCUT2D eigenvalue weighted by Crippen LogP contribution is -2.38. The Morgan fingerprint density at radius 3 is 2.81 bits per heavy atom. The van der Waals surface area contributed by atoms with Crippen LogP contribution in [-0.2, 0) is 18.2 Å². The normalized spacial score (nSPS) is 19.1. The number of nitrogens with two attached hydrogens (primary N) is 1. The van der Waals surface area contributed by atoms with Gasteiger partial charge in [-0.2, -0.15) is 5.10 Å². The first kappa shape index (κ1) is 11.6. The van der Waals surface area contributed by atoms with Crippen LogP contribution in [0.5, 0.6) is 0 Å². The van der Waals surface area contributed by atoms with Crippen LogP contribution in [0.25, 0.3) is 0 Å². The highest BCUT2D eigenvalue weighted by atomic mass is 16.5. The minimum atomic E-state index is -0.0292. The zero-order chi connectivity index (χ0) is 11.4. The van der Waals surface area contributed by atoms with Crippen molar-refractivity contribution in [2.45, 2.75) is 37.7 Å². The van der Waals surface area contributed by atoms with Gasteiger partial charge in [0.25, 0.3) is 0 Å². The smallest absolute Gasteiger partial charge is 0.0804 e. The van der Waals surface area contributed by atoms with Gasteiger partial charge in [-0.15, -0.1) is 0 Å². The molecule has 4 heteroatoms. The van der Waals surface area contributed by atoms with E-state index in [-0.39, 0.29) is 5.60 Å². The number of nitrogens with zero attached hydrogens (tertiary/aromatic N) is 2. The van der Waals surface area contributed by atoms with E-state index in [4.69, 9.17) is 10.5 Å². The second-order valence-corrected chi connectivity index (χ2v) is 4.64. The van der Waals surface area contributed by atoms with E-state index < -0.39 is 0 Å². The zero-order valence-corrected chi connectivity index (χ0v) is 9.98. The van der Waals surface area contributed by atoms with Gasteiger partial charge in [-0.1, -0.05) is 12.8 Å². The molecule has 1 aliphatic carbocycles. The fourth-order valence-electron chi connectivity index (χ4n) is 2.45. The predicted molar refractivity (Wildman–Crippen MR) is 63.1 cm³/mol. The summed E-state index contributed by atoms with van der Waals surface area (Å²) in [5.41, 5.74) is 7.00. The van der Waals surface area contributed by atoms with Gasteiger partial charge in [-0.05, 0) is 18.9 Å². The number of rotatable bonds is 5. The molecule has 0 aliphatic heterocycles. The molecular formula is C12H21N3O. The van der Waals surface area contributed by atoms with Crippen LogP contribution in [0.15, 0.2) is 12.3 Å². The van der Waals surface area contributed by atoms with Gasteiger partial charge >= 0.3 is 0 Å². The Balaban J connectivity index is 1.81. The lowest BCUT2D eigenvalue weighted by Gasteiger charge is -2.27. The van der Waals surface area contributed by atoms with Crippen molar-refractivity contribution in [3.05, 3.63) is 18.0 Å². The van der Waals surface area contributed by atoms with Crippen molar-refractivity contribution in [1.82, 2.24) is 9.78 Å². The van der Waals surface area contributed by atoms with Crippen LogP contribution in [0.2, 0.25) is 0 Å². The third-order valence-electron chi connectivity index (χ3n) is 3.58. The Bertz CT molecular complexity index is 329. The first-order chi connectivity index (χ1) is 7.76. The van der Waals surface area contributed by atoms with Crippen LogP contribution in [0.3, 0.4) is 0 Å². The van der Waals surface area contributed by atoms with E-state index in [1.165, 1.54) is 18.5 Å². The molecule has 1 aliphatic rings. The van der Waals surface area contributed by atoms with Crippen molar-refractivity contribution in [3.63, 3.8) is 0 Å². The van der Waals surface area contributed by atoms with Crippen molar-refractivity contribution in [2.75, 3.05) is 13.2 Å². The van der Waals surface area contributed by atoms with E-state index in [0.29, 0.717) is 6.54 Å². The summed E-state index contributed by atoms with van der Waals surface area (Å²) < 4.78 is 7.90. The fraction of sp³-hybridized carbons (Fsp3) is 0.750. The minimum Gasteiger partial charge on any atom is -0.373 e. The van der Waals surface area contributed by atoms with Gasteiger partial charge in [0.05, 0.1) is 12.2 Å². The highest BCUT2D eigenvalue weighted by molar-refractivity contribution is 5.00. The summed E-state index contributed by atoms with van der Waals surface area (Å²) >= 11 is 0. The first-order valence-electron chi connectivity index (χ1n) is 6.07. The molecule has 2 N–H and O–H groups in total. The van der Waals surface area contributed by atoms with Crippen molar-refractivity contribution < 1.29 is 4.74 Å². The SMILES string of the molecule is Cn1nccc1CCOC1(CN)CCCC1. The number of aromatic nitrogens is 2. The summed E-state index contributed by atoms with van der Waals surface area (Å²) in [6.07, 6.45) is 7.48. The molecular weight excluding hydrogens is 202 g/mol. The molecule has 0 unspecified atom stereocenters. The number of ether oxygens (including phenoxy) is 1. The van der Waals surface area contributed by atoms with Gasteiger partial charge in [-0.3, -0.25) is 4.68 Å². The Kier molecular flexibility index (Phi) is 3.61. The summed E-state index contributed by atoms with van der Waals surface area (Å²) in [4.78, 5) is 0. The van der Waals surface area contributed by atoms with E-state index in [1.54, 1.807) is 0 Å². The second-order valence-electron chi connectivity index (χ2n) is 4.64. The van der Waals surface area contributed by atoms with E-state index in [0.717, 1.165) is 25.9 Å². The lowest BCUT2D eigenvalue weighted by atomic mass is 10.0. The molecule has 1 fully saturated rings. The Morgan fingerprint density at radius 1 is 1.50 bits per heavy atom. The van der Waals surface area contributed by atoms with Gasteiger partial charge in [0, 0.05) is 31.9 Å². The molecule has 90 valence electrons. The van der Waals surface area contributed by atoms with Gasteiger partial charge in [0.2, 0.25) is 0 Å². The van der Waals surface area contributed by atoms with Crippen molar-refractivity contribution in [3.8, 4) is 0 Å². The monoisotopic (exact) mass is 223 g/mol. The molecule has 0 amide bonds. The van der Waals surface area contributed by atoms with Crippen LogP contribution in [0, 0.1) is 0 Å². The van der Waals surface area contributed by atoms with Crippen LogP contribution >= 0.6 is 0 Å². The highest BCUT2D eigenvalue weighted by Crippen LogP contribution is 2.32. The van der Waals surface area contributed by atoms with Crippen molar-refractivity contribution in [2.24, 2.45) is 12.8 Å². The van der Waals surface area contributed by atoms with Crippen molar-refractivity contribution in [1.29, 1.82) is 0 Å². The van der Waals surface area contributed by atoms with Crippen LogP contribution in [0.4, 0.5) is 0 Å². The Morgan fingerprint density at radius 2 is 2.25 bits per heavy atom. The molecule has 16 heavy (non-hydrogen) atoms. The Hall–Kier alpha value is -0.870. The molecule has 0 radical (unpaired) electrons. The summed E-state index contributed by atoms with van der Waals surface area (Å²) in [6, 6.07) is 2.03. The molecule has 0 saturated heterocycles. The topological polar surface area (TPSA) is 53.1 Å². The fourth-order valence-corrected chi connectivity index (χ4v) is 2.45. The quantitative estimate of drug-likeness (QED) is 0.817. The standard InChI is InChI=1S/C12H21N3O/c1-15-11(4-8-14-15)5-9-16-12(10-13)6-2-3-7-12/h4,8H,2-3,5-7,9-10,13H2,1H3. The number of hydrogen-bond donors (Lipinski definition) is 1. The number of hydrogen-bond acceptors (Lipinski definition) is 3. The van der Waals surface area contributed by atoms with E-state index in [9.17, 15) is 0 Å². The average molecular weight is 223 g/mol. The van der Waals surface area contributed by atoms with Gasteiger partial charge < -0.3 is 10.5 Å². The Labute approximate surface area is 96.8 Å². The first-order valence-corrected chi connectivity index (χ1v) is 6.07. The van der Waals surface area contributed by atoms with Gasteiger partial charge in [0.1, 0.15) is 0 Å². The molecule has 4 nitrogen and oxygen atoms in total. The number of aryl methyl sites for hydroxylation is 1. The molecule has 0 spiro atoms. The minimum absolute atomic E-state index is 0.0292. The summed E-state index contributed by atoms with van der Waals surface area (Å²) in [5, 5.41) is 4.14. The summed E-state index contributed by atoms with van der Waals surface area (Å²) in [7, 11) is 1.96. The molecule has 1 aromatic heterocycles. The lowest BCUT2D eigenvalue weighted by molar-refractivity contribution is -0.0324. The second kappa shape index (κ2) is 4.97. The highest BCUT2D eigenvalue weighted by Gasteiger charge is 2.33. The summed E-state index contributed by atoms with van der Waals surface area (Å²) in [5.74, 6) is 0. The molecule has 0 bridgehead atoms. The molecule has 0 aromatic carbocycles. The maximum atomic E-state index is 6.00. The third-order valence-corrected chi connectivity index (χ3v) is 3.58.